The number of hydrogen-bond acceptors (Lipinski definition) is 3. The summed E-state index contributed by atoms with van der Waals surface area (Å²) in [4.78, 5) is 0. The SMILES string of the molecule is CCC(CC)N(C)S(=O)(=O)N1CCCCC1CN. The van der Waals surface area contributed by atoms with Crippen molar-refractivity contribution in [1.29, 1.82) is 0 Å². The Bertz CT molecular complexity index is 341. The summed E-state index contributed by atoms with van der Waals surface area (Å²) < 4.78 is 28.4. The van der Waals surface area contributed by atoms with Gasteiger partial charge in [-0.05, 0) is 25.7 Å². The second-order valence-corrected chi connectivity index (χ2v) is 6.93. The summed E-state index contributed by atoms with van der Waals surface area (Å²) in [6, 6.07) is 0.0518. The molecule has 0 spiro atoms. The van der Waals surface area contributed by atoms with Crippen molar-refractivity contribution in [3.05, 3.63) is 0 Å². The predicted octanol–water partition coefficient (Wildman–Crippen LogP) is 1.16. The molecule has 108 valence electrons. The van der Waals surface area contributed by atoms with Crippen LogP contribution < -0.4 is 5.73 Å². The molecule has 0 aromatic rings. The van der Waals surface area contributed by atoms with Gasteiger partial charge in [0.05, 0.1) is 0 Å². The van der Waals surface area contributed by atoms with Crippen molar-refractivity contribution in [3.8, 4) is 0 Å². The van der Waals surface area contributed by atoms with Gasteiger partial charge in [-0.2, -0.15) is 17.0 Å². The highest BCUT2D eigenvalue weighted by Crippen LogP contribution is 2.23. The van der Waals surface area contributed by atoms with Crippen LogP contribution in [0.3, 0.4) is 0 Å². The van der Waals surface area contributed by atoms with Gasteiger partial charge in [0, 0.05) is 32.2 Å². The van der Waals surface area contributed by atoms with Gasteiger partial charge in [-0.1, -0.05) is 20.3 Å². The molecule has 18 heavy (non-hydrogen) atoms. The molecule has 0 amide bonds. The first kappa shape index (κ1) is 15.9. The molecular formula is C12H27N3O2S. The molecule has 0 radical (unpaired) electrons. The summed E-state index contributed by atoms with van der Waals surface area (Å²) in [6.45, 7) is 5.07. The largest absolute Gasteiger partial charge is 0.329 e. The van der Waals surface area contributed by atoms with Crippen LogP contribution in [0.5, 0.6) is 0 Å². The minimum absolute atomic E-state index is 0.0273. The van der Waals surface area contributed by atoms with E-state index in [1.54, 1.807) is 11.4 Å². The molecule has 0 aliphatic carbocycles. The molecule has 5 nitrogen and oxygen atoms in total. The van der Waals surface area contributed by atoms with Crippen LogP contribution in [0, 0.1) is 0 Å². The van der Waals surface area contributed by atoms with Gasteiger partial charge < -0.3 is 5.73 Å². The van der Waals surface area contributed by atoms with Gasteiger partial charge in [0.2, 0.25) is 0 Å². The van der Waals surface area contributed by atoms with Crippen LogP contribution in [0.15, 0.2) is 0 Å². The van der Waals surface area contributed by atoms with Crippen LogP contribution >= 0.6 is 0 Å². The van der Waals surface area contributed by atoms with Gasteiger partial charge in [0.15, 0.2) is 0 Å². The fourth-order valence-corrected chi connectivity index (χ4v) is 4.60. The maximum atomic E-state index is 12.6. The van der Waals surface area contributed by atoms with Gasteiger partial charge in [0.25, 0.3) is 10.2 Å². The number of rotatable bonds is 6. The third-order valence-electron chi connectivity index (χ3n) is 3.96. The average molecular weight is 277 g/mol. The second-order valence-electron chi connectivity index (χ2n) is 4.99. The van der Waals surface area contributed by atoms with Crippen molar-refractivity contribution in [2.75, 3.05) is 20.1 Å². The first-order valence-corrected chi connectivity index (χ1v) is 8.33. The normalized spacial score (nSPS) is 22.9. The Morgan fingerprint density at radius 1 is 1.33 bits per heavy atom. The maximum Gasteiger partial charge on any atom is 0.282 e. The Kier molecular flexibility index (Phi) is 6.04. The minimum Gasteiger partial charge on any atom is -0.329 e. The Morgan fingerprint density at radius 2 is 1.94 bits per heavy atom. The summed E-state index contributed by atoms with van der Waals surface area (Å²) in [6.07, 6.45) is 4.57. The van der Waals surface area contributed by atoms with Crippen molar-refractivity contribution in [2.24, 2.45) is 5.73 Å². The Hall–Kier alpha value is -0.170. The monoisotopic (exact) mass is 277 g/mol. The Morgan fingerprint density at radius 3 is 2.44 bits per heavy atom. The van der Waals surface area contributed by atoms with Gasteiger partial charge in [-0.15, -0.1) is 0 Å². The Balaban J connectivity index is 2.89. The fraction of sp³-hybridized carbons (Fsp3) is 1.00. The van der Waals surface area contributed by atoms with E-state index in [2.05, 4.69) is 0 Å². The summed E-state index contributed by atoms with van der Waals surface area (Å²) in [7, 11) is -1.67. The van der Waals surface area contributed by atoms with Crippen LogP contribution in [-0.4, -0.2) is 49.2 Å². The lowest BCUT2D eigenvalue weighted by molar-refractivity contribution is 0.227. The van der Waals surface area contributed by atoms with E-state index in [0.717, 1.165) is 32.1 Å². The third kappa shape index (κ3) is 3.23. The van der Waals surface area contributed by atoms with E-state index in [1.165, 1.54) is 4.31 Å². The van der Waals surface area contributed by atoms with E-state index in [0.29, 0.717) is 13.1 Å². The molecule has 0 bridgehead atoms. The molecular weight excluding hydrogens is 250 g/mol. The summed E-state index contributed by atoms with van der Waals surface area (Å²) >= 11 is 0. The molecule has 1 fully saturated rings. The zero-order valence-corrected chi connectivity index (χ0v) is 12.6. The van der Waals surface area contributed by atoms with Crippen LogP contribution in [0.25, 0.3) is 0 Å². The molecule has 1 aliphatic heterocycles. The molecule has 2 N–H and O–H groups in total. The van der Waals surface area contributed by atoms with E-state index in [9.17, 15) is 8.42 Å². The van der Waals surface area contributed by atoms with E-state index in [1.807, 2.05) is 13.8 Å². The van der Waals surface area contributed by atoms with Gasteiger partial charge in [-0.3, -0.25) is 0 Å². The highest BCUT2D eigenvalue weighted by atomic mass is 32.2. The first-order valence-electron chi connectivity index (χ1n) is 6.93. The van der Waals surface area contributed by atoms with Crippen molar-refractivity contribution in [3.63, 3.8) is 0 Å². The van der Waals surface area contributed by atoms with Crippen LogP contribution in [0.2, 0.25) is 0 Å². The molecule has 1 unspecified atom stereocenters. The molecule has 6 heteroatoms. The van der Waals surface area contributed by atoms with Crippen molar-refractivity contribution in [1.82, 2.24) is 8.61 Å². The minimum atomic E-state index is -3.36. The fourth-order valence-electron chi connectivity index (χ4n) is 2.67. The van der Waals surface area contributed by atoms with Gasteiger partial charge in [-0.25, -0.2) is 0 Å². The zero-order chi connectivity index (χ0) is 13.8. The average Bonchev–Trinajstić information content (AvgIpc) is 2.39. The van der Waals surface area contributed by atoms with Crippen LogP contribution in [0.1, 0.15) is 46.0 Å². The number of piperidine rings is 1. The molecule has 1 rings (SSSR count). The maximum absolute atomic E-state index is 12.6. The summed E-state index contributed by atoms with van der Waals surface area (Å²) in [5.41, 5.74) is 5.71. The molecule has 1 atom stereocenters. The van der Waals surface area contributed by atoms with Crippen molar-refractivity contribution in [2.45, 2.75) is 58.0 Å². The first-order chi connectivity index (χ1) is 8.48. The van der Waals surface area contributed by atoms with E-state index in [4.69, 9.17) is 5.73 Å². The van der Waals surface area contributed by atoms with E-state index < -0.39 is 10.2 Å². The predicted molar refractivity (Wildman–Crippen MR) is 74.5 cm³/mol. The van der Waals surface area contributed by atoms with Crippen molar-refractivity contribution >= 4 is 10.2 Å². The van der Waals surface area contributed by atoms with Crippen LogP contribution in [-0.2, 0) is 10.2 Å². The number of nitrogens with zero attached hydrogens (tertiary/aromatic N) is 2. The van der Waals surface area contributed by atoms with E-state index in [-0.39, 0.29) is 12.1 Å². The quantitative estimate of drug-likeness (QED) is 0.792. The summed E-state index contributed by atoms with van der Waals surface area (Å²) in [5, 5.41) is 0. The molecule has 1 saturated heterocycles. The number of nitrogens with two attached hydrogens (primary N) is 1. The lowest BCUT2D eigenvalue weighted by Crippen LogP contribution is -2.54. The summed E-state index contributed by atoms with van der Waals surface area (Å²) in [5.74, 6) is 0. The molecule has 1 aliphatic rings. The topological polar surface area (TPSA) is 66.6 Å². The van der Waals surface area contributed by atoms with Crippen LogP contribution in [0.4, 0.5) is 0 Å². The molecule has 0 saturated carbocycles. The lowest BCUT2D eigenvalue weighted by atomic mass is 10.1. The molecule has 1 heterocycles. The number of hydrogen-bond donors (Lipinski definition) is 1. The lowest BCUT2D eigenvalue weighted by Gasteiger charge is -2.38. The van der Waals surface area contributed by atoms with Gasteiger partial charge >= 0.3 is 0 Å². The van der Waals surface area contributed by atoms with Gasteiger partial charge in [0.1, 0.15) is 0 Å². The molecule has 0 aromatic carbocycles. The highest BCUT2D eigenvalue weighted by molar-refractivity contribution is 7.86. The Labute approximate surface area is 112 Å². The molecule has 0 aromatic heterocycles. The third-order valence-corrected chi connectivity index (χ3v) is 6.06. The smallest absolute Gasteiger partial charge is 0.282 e. The highest BCUT2D eigenvalue weighted by Gasteiger charge is 2.36. The standard InChI is InChI=1S/C12H27N3O2S/c1-4-11(5-2)14(3)18(16,17)15-9-7-6-8-12(15)10-13/h11-12H,4-10,13H2,1-3H3. The zero-order valence-electron chi connectivity index (χ0n) is 11.8. The van der Waals surface area contributed by atoms with Crippen molar-refractivity contribution < 1.29 is 8.42 Å². The van der Waals surface area contributed by atoms with E-state index >= 15 is 0 Å². The second kappa shape index (κ2) is 6.84.